The summed E-state index contributed by atoms with van der Waals surface area (Å²) < 4.78 is 10.7. The molecule has 0 aromatic heterocycles. The number of hydrogen-bond donors (Lipinski definition) is 1. The van der Waals surface area contributed by atoms with Gasteiger partial charge in [-0.15, -0.1) is 0 Å². The van der Waals surface area contributed by atoms with Gasteiger partial charge in [0.2, 0.25) is 0 Å². The Hall–Kier alpha value is -1.75. The Balaban J connectivity index is 2.29. The molecule has 0 spiro atoms. The Morgan fingerprint density at radius 2 is 1.86 bits per heavy atom. The standard InChI is InChI=1S/C16H24N2O3/c1-10-14(20-3)7-12(8-15(10)21-4)16(19)18(2)13(9-17)11-5-6-11/h7-8,11,13H,5-6,9,17H2,1-4H3. The van der Waals surface area contributed by atoms with Crippen LogP contribution in [0.1, 0.15) is 28.8 Å². The highest BCUT2D eigenvalue weighted by atomic mass is 16.5. The second-order valence-corrected chi connectivity index (χ2v) is 5.56. The van der Waals surface area contributed by atoms with Crippen LogP contribution in [0.15, 0.2) is 12.1 Å². The van der Waals surface area contributed by atoms with Gasteiger partial charge in [0.25, 0.3) is 5.91 Å². The summed E-state index contributed by atoms with van der Waals surface area (Å²) in [5.74, 6) is 1.80. The minimum atomic E-state index is -0.0473. The molecule has 1 atom stereocenters. The average Bonchev–Trinajstić information content (AvgIpc) is 3.32. The number of nitrogens with two attached hydrogens (primary N) is 1. The predicted molar refractivity (Wildman–Crippen MR) is 81.9 cm³/mol. The third-order valence-corrected chi connectivity index (χ3v) is 4.22. The van der Waals surface area contributed by atoms with Crippen molar-refractivity contribution in [3.8, 4) is 11.5 Å². The predicted octanol–water partition coefficient (Wildman–Crippen LogP) is 1.82. The first-order valence-electron chi connectivity index (χ1n) is 7.23. The van der Waals surface area contributed by atoms with E-state index in [1.807, 2.05) is 14.0 Å². The molecule has 1 fully saturated rings. The highest BCUT2D eigenvalue weighted by Crippen LogP contribution is 2.36. The molecule has 2 N–H and O–H groups in total. The van der Waals surface area contributed by atoms with Crippen LogP contribution in [0.25, 0.3) is 0 Å². The molecule has 0 bridgehead atoms. The molecule has 5 heteroatoms. The molecule has 1 aliphatic rings. The van der Waals surface area contributed by atoms with Crippen molar-refractivity contribution in [2.45, 2.75) is 25.8 Å². The Bertz CT molecular complexity index is 501. The lowest BCUT2D eigenvalue weighted by Crippen LogP contribution is -2.43. The molecule has 5 nitrogen and oxygen atoms in total. The van der Waals surface area contributed by atoms with Crippen LogP contribution in [-0.2, 0) is 0 Å². The van der Waals surface area contributed by atoms with E-state index in [2.05, 4.69) is 0 Å². The summed E-state index contributed by atoms with van der Waals surface area (Å²) in [7, 11) is 5.00. The second-order valence-electron chi connectivity index (χ2n) is 5.56. The first-order valence-corrected chi connectivity index (χ1v) is 7.23. The summed E-state index contributed by atoms with van der Waals surface area (Å²) in [4.78, 5) is 14.4. The fourth-order valence-corrected chi connectivity index (χ4v) is 2.71. The third-order valence-electron chi connectivity index (χ3n) is 4.22. The van der Waals surface area contributed by atoms with Crippen LogP contribution < -0.4 is 15.2 Å². The van der Waals surface area contributed by atoms with Crippen LogP contribution in [0.4, 0.5) is 0 Å². The number of likely N-dealkylation sites (N-methyl/N-ethyl adjacent to an activating group) is 1. The van der Waals surface area contributed by atoms with Crippen molar-refractivity contribution >= 4 is 5.91 Å². The van der Waals surface area contributed by atoms with Gasteiger partial charge in [0, 0.05) is 30.8 Å². The fraction of sp³-hybridized carbons (Fsp3) is 0.562. The summed E-state index contributed by atoms with van der Waals surface area (Å²) in [6.07, 6.45) is 2.31. The van der Waals surface area contributed by atoms with Crippen molar-refractivity contribution in [2.75, 3.05) is 27.8 Å². The molecule has 1 saturated carbocycles. The maximum Gasteiger partial charge on any atom is 0.254 e. The van der Waals surface area contributed by atoms with Crippen LogP contribution in [0, 0.1) is 12.8 Å². The molecule has 21 heavy (non-hydrogen) atoms. The van der Waals surface area contributed by atoms with Crippen molar-refractivity contribution in [1.29, 1.82) is 0 Å². The molecule has 1 aromatic rings. The van der Waals surface area contributed by atoms with Gasteiger partial charge in [-0.05, 0) is 37.8 Å². The molecular weight excluding hydrogens is 268 g/mol. The minimum absolute atomic E-state index is 0.0473. The maximum absolute atomic E-state index is 12.7. The molecule has 116 valence electrons. The Morgan fingerprint density at radius 3 is 2.24 bits per heavy atom. The molecule has 2 rings (SSSR count). The molecule has 0 heterocycles. The van der Waals surface area contributed by atoms with Gasteiger partial charge in [-0.2, -0.15) is 0 Å². The van der Waals surface area contributed by atoms with Crippen LogP contribution >= 0.6 is 0 Å². The number of carbonyl (C=O) groups excluding carboxylic acids is 1. The number of carbonyl (C=O) groups is 1. The van der Waals surface area contributed by atoms with E-state index in [-0.39, 0.29) is 11.9 Å². The summed E-state index contributed by atoms with van der Waals surface area (Å²) in [6, 6.07) is 3.63. The maximum atomic E-state index is 12.7. The van der Waals surface area contributed by atoms with Crippen molar-refractivity contribution in [2.24, 2.45) is 11.7 Å². The topological polar surface area (TPSA) is 64.8 Å². The minimum Gasteiger partial charge on any atom is -0.496 e. The monoisotopic (exact) mass is 292 g/mol. The lowest BCUT2D eigenvalue weighted by Gasteiger charge is -2.27. The van der Waals surface area contributed by atoms with Gasteiger partial charge < -0.3 is 20.1 Å². The van der Waals surface area contributed by atoms with Gasteiger partial charge in [-0.3, -0.25) is 4.79 Å². The van der Waals surface area contributed by atoms with Crippen molar-refractivity contribution in [3.63, 3.8) is 0 Å². The van der Waals surface area contributed by atoms with Gasteiger partial charge >= 0.3 is 0 Å². The highest BCUT2D eigenvalue weighted by molar-refractivity contribution is 5.95. The van der Waals surface area contributed by atoms with E-state index in [9.17, 15) is 4.79 Å². The number of nitrogens with zero attached hydrogens (tertiary/aromatic N) is 1. The number of amides is 1. The Morgan fingerprint density at radius 1 is 1.33 bits per heavy atom. The SMILES string of the molecule is COc1cc(C(=O)N(C)C(CN)C2CC2)cc(OC)c1C. The van der Waals surface area contributed by atoms with E-state index in [1.165, 1.54) is 0 Å². The van der Waals surface area contributed by atoms with Gasteiger partial charge in [-0.1, -0.05) is 0 Å². The highest BCUT2D eigenvalue weighted by Gasteiger charge is 2.35. The zero-order chi connectivity index (χ0) is 15.6. The number of ether oxygens (including phenoxy) is 2. The zero-order valence-electron chi connectivity index (χ0n) is 13.2. The first-order chi connectivity index (χ1) is 10.0. The molecule has 0 saturated heterocycles. The lowest BCUT2D eigenvalue weighted by atomic mass is 10.1. The largest absolute Gasteiger partial charge is 0.496 e. The Labute approximate surface area is 126 Å². The summed E-state index contributed by atoms with van der Waals surface area (Å²) in [6.45, 7) is 2.40. The number of hydrogen-bond acceptors (Lipinski definition) is 4. The second kappa shape index (κ2) is 6.35. The zero-order valence-corrected chi connectivity index (χ0v) is 13.2. The Kier molecular flexibility index (Phi) is 4.73. The smallest absolute Gasteiger partial charge is 0.254 e. The van der Waals surface area contributed by atoms with Crippen LogP contribution in [-0.4, -0.2) is 44.7 Å². The molecule has 1 unspecified atom stereocenters. The first kappa shape index (κ1) is 15.6. The summed E-state index contributed by atoms with van der Waals surface area (Å²) in [5, 5.41) is 0. The van der Waals surface area contributed by atoms with E-state index < -0.39 is 0 Å². The lowest BCUT2D eigenvalue weighted by molar-refractivity contribution is 0.0718. The van der Waals surface area contributed by atoms with E-state index in [1.54, 1.807) is 31.3 Å². The van der Waals surface area contributed by atoms with Crippen LogP contribution in [0.2, 0.25) is 0 Å². The quantitative estimate of drug-likeness (QED) is 0.868. The van der Waals surface area contributed by atoms with Gasteiger partial charge in [0.1, 0.15) is 11.5 Å². The number of rotatable bonds is 6. The number of methoxy groups -OCH3 is 2. The van der Waals surface area contributed by atoms with Gasteiger partial charge in [-0.25, -0.2) is 0 Å². The number of benzene rings is 1. The van der Waals surface area contributed by atoms with E-state index in [4.69, 9.17) is 15.2 Å². The third kappa shape index (κ3) is 3.13. The molecule has 1 amide bonds. The molecule has 1 aromatic carbocycles. The normalized spacial score (nSPS) is 15.5. The van der Waals surface area contributed by atoms with Crippen molar-refractivity contribution < 1.29 is 14.3 Å². The summed E-state index contributed by atoms with van der Waals surface area (Å²) in [5.41, 5.74) is 7.28. The van der Waals surface area contributed by atoms with E-state index in [0.717, 1.165) is 18.4 Å². The molecule has 0 aliphatic heterocycles. The van der Waals surface area contributed by atoms with Gasteiger partial charge in [0.15, 0.2) is 0 Å². The van der Waals surface area contributed by atoms with Crippen molar-refractivity contribution in [1.82, 2.24) is 4.90 Å². The molecule has 1 aliphatic carbocycles. The van der Waals surface area contributed by atoms with Crippen molar-refractivity contribution in [3.05, 3.63) is 23.3 Å². The molecular formula is C16H24N2O3. The van der Waals surface area contributed by atoms with E-state index >= 15 is 0 Å². The van der Waals surface area contributed by atoms with Crippen LogP contribution in [0.3, 0.4) is 0 Å². The summed E-state index contributed by atoms with van der Waals surface area (Å²) >= 11 is 0. The van der Waals surface area contributed by atoms with Crippen LogP contribution in [0.5, 0.6) is 11.5 Å². The molecule has 0 radical (unpaired) electrons. The average molecular weight is 292 g/mol. The fourth-order valence-electron chi connectivity index (χ4n) is 2.71. The van der Waals surface area contributed by atoms with E-state index in [0.29, 0.717) is 29.5 Å². The van der Waals surface area contributed by atoms with Gasteiger partial charge in [0.05, 0.1) is 14.2 Å².